The van der Waals surface area contributed by atoms with E-state index in [2.05, 4.69) is 36.4 Å². The summed E-state index contributed by atoms with van der Waals surface area (Å²) in [5.41, 5.74) is 2.74. The molecule has 0 nitrogen and oxygen atoms in total. The van der Waals surface area contributed by atoms with Gasteiger partial charge in [-0.2, -0.15) is 0 Å². The van der Waals surface area contributed by atoms with Crippen LogP contribution in [0.3, 0.4) is 0 Å². The van der Waals surface area contributed by atoms with Crippen molar-refractivity contribution in [2.75, 3.05) is 0 Å². The van der Waals surface area contributed by atoms with Crippen molar-refractivity contribution in [2.24, 2.45) is 11.8 Å². The van der Waals surface area contributed by atoms with Crippen molar-refractivity contribution >= 4 is 7.85 Å². The lowest BCUT2D eigenvalue weighted by molar-refractivity contribution is 0.585. The van der Waals surface area contributed by atoms with Gasteiger partial charge in [-0.05, 0) is 36.2 Å². The monoisotopic (exact) mass is 194 g/mol. The van der Waals surface area contributed by atoms with Gasteiger partial charge in [-0.3, -0.25) is 0 Å². The Kier molecular flexibility index (Phi) is 2.19. The van der Waals surface area contributed by atoms with Crippen molar-refractivity contribution in [2.45, 2.75) is 25.1 Å². The highest BCUT2D eigenvalue weighted by Gasteiger charge is 2.36. The predicted octanol–water partition coefficient (Wildman–Crippen LogP) is 3.03. The molecule has 2 aliphatic rings. The number of fused-ring (bicyclic) bond motifs is 2. The topological polar surface area (TPSA) is 0 Å². The molecule has 0 N–H and O–H groups in total. The Balaban J connectivity index is 1.84. The summed E-state index contributed by atoms with van der Waals surface area (Å²) < 4.78 is 0. The summed E-state index contributed by atoms with van der Waals surface area (Å²) in [6, 6.07) is 8.87. The van der Waals surface area contributed by atoms with Gasteiger partial charge < -0.3 is 0 Å². The fraction of sp³-hybridized carbons (Fsp3) is 0.429. The first kappa shape index (κ1) is 9.27. The van der Waals surface area contributed by atoms with Gasteiger partial charge in [0.2, 0.25) is 0 Å². The molecule has 1 aromatic carbocycles. The Hall–Kier alpha value is -0.975. The summed E-state index contributed by atoms with van der Waals surface area (Å²) in [7, 11) is 5.60. The molecule has 0 aromatic heterocycles. The molecule has 2 aliphatic carbocycles. The first-order valence-corrected chi connectivity index (χ1v) is 5.84. The Bertz CT molecular complexity index is 377. The molecule has 2 radical (unpaired) electrons. The fourth-order valence-electron chi connectivity index (χ4n) is 3.06. The quantitative estimate of drug-likeness (QED) is 0.501. The van der Waals surface area contributed by atoms with Gasteiger partial charge in [0.05, 0.1) is 7.85 Å². The third-order valence-electron chi connectivity index (χ3n) is 3.92. The molecule has 1 saturated carbocycles. The zero-order chi connectivity index (χ0) is 10.3. The molecule has 0 spiro atoms. The van der Waals surface area contributed by atoms with E-state index in [-0.39, 0.29) is 0 Å². The average Bonchev–Trinajstić information content (AvgIpc) is 2.91. The van der Waals surface area contributed by atoms with Crippen molar-refractivity contribution in [1.29, 1.82) is 0 Å². The molecule has 1 heteroatoms. The van der Waals surface area contributed by atoms with Crippen LogP contribution in [0.15, 0.2) is 36.4 Å². The van der Waals surface area contributed by atoms with Crippen molar-refractivity contribution in [3.05, 3.63) is 47.5 Å². The van der Waals surface area contributed by atoms with E-state index in [1.807, 2.05) is 0 Å². The average molecular weight is 194 g/mol. The van der Waals surface area contributed by atoms with E-state index < -0.39 is 0 Å². The number of hydrogen-bond donors (Lipinski definition) is 0. The summed E-state index contributed by atoms with van der Waals surface area (Å²) in [5, 5.41) is 0. The van der Waals surface area contributed by atoms with Gasteiger partial charge in [-0.1, -0.05) is 48.3 Å². The van der Waals surface area contributed by atoms with Gasteiger partial charge in [0.25, 0.3) is 0 Å². The van der Waals surface area contributed by atoms with E-state index in [1.165, 1.54) is 24.0 Å². The van der Waals surface area contributed by atoms with E-state index >= 15 is 0 Å². The van der Waals surface area contributed by atoms with Crippen LogP contribution >= 0.6 is 0 Å². The van der Waals surface area contributed by atoms with Crippen molar-refractivity contribution in [1.82, 2.24) is 0 Å². The smallest absolute Gasteiger partial charge is 0.0716 e. The summed E-state index contributed by atoms with van der Waals surface area (Å²) >= 11 is 0. The second kappa shape index (κ2) is 3.55. The second-order valence-electron chi connectivity index (χ2n) is 4.83. The van der Waals surface area contributed by atoms with Crippen LogP contribution in [0.5, 0.6) is 0 Å². The molecule has 3 rings (SSSR count). The molecule has 15 heavy (non-hydrogen) atoms. The number of benzene rings is 1. The molecule has 0 heterocycles. The highest BCUT2D eigenvalue weighted by atomic mass is 14.4. The zero-order valence-corrected chi connectivity index (χ0v) is 8.89. The van der Waals surface area contributed by atoms with Crippen molar-refractivity contribution in [3.63, 3.8) is 0 Å². The Morgan fingerprint density at radius 2 is 1.87 bits per heavy atom. The number of hydrogen-bond acceptors (Lipinski definition) is 0. The first-order valence-electron chi connectivity index (χ1n) is 5.84. The van der Waals surface area contributed by atoms with Gasteiger partial charge in [0.1, 0.15) is 0 Å². The van der Waals surface area contributed by atoms with Crippen LogP contribution < -0.4 is 0 Å². The molecule has 2 bridgehead atoms. The SMILES string of the molecule is [B]Cc1ccc(C2CC3C=CC2C3)cc1. The highest BCUT2D eigenvalue weighted by molar-refractivity contribution is 6.08. The normalized spacial score (nSPS) is 32.4. The van der Waals surface area contributed by atoms with Crippen LogP contribution in [0.2, 0.25) is 0 Å². The van der Waals surface area contributed by atoms with Gasteiger partial charge in [0, 0.05) is 0 Å². The lowest BCUT2D eigenvalue weighted by Gasteiger charge is -2.18. The molecular weight excluding hydrogens is 179 g/mol. The molecule has 0 aliphatic heterocycles. The summed E-state index contributed by atoms with van der Waals surface area (Å²) in [4.78, 5) is 0. The molecule has 74 valence electrons. The van der Waals surface area contributed by atoms with E-state index in [0.717, 1.165) is 17.8 Å². The van der Waals surface area contributed by atoms with Crippen molar-refractivity contribution in [3.8, 4) is 0 Å². The third kappa shape index (κ3) is 1.54. The van der Waals surface area contributed by atoms with E-state index in [0.29, 0.717) is 6.32 Å². The molecule has 3 atom stereocenters. The summed E-state index contributed by atoms with van der Waals surface area (Å²) in [6.07, 6.45) is 8.19. The van der Waals surface area contributed by atoms with Crippen LogP contribution in [0.4, 0.5) is 0 Å². The minimum atomic E-state index is 0.650. The maximum atomic E-state index is 5.60. The second-order valence-corrected chi connectivity index (χ2v) is 4.83. The van der Waals surface area contributed by atoms with E-state index in [4.69, 9.17) is 7.85 Å². The molecule has 3 unspecified atom stereocenters. The van der Waals surface area contributed by atoms with Crippen LogP contribution in [-0.4, -0.2) is 7.85 Å². The van der Waals surface area contributed by atoms with Crippen LogP contribution in [0.1, 0.15) is 29.9 Å². The standard InChI is InChI=1S/C14H15B/c15-9-10-1-4-12(5-2-10)14-8-11-3-6-13(14)7-11/h1-6,11,13-14H,7-9H2. The largest absolute Gasteiger partial charge is 0.0851 e. The Morgan fingerprint density at radius 3 is 2.40 bits per heavy atom. The van der Waals surface area contributed by atoms with Crippen LogP contribution in [0.25, 0.3) is 0 Å². The first-order chi connectivity index (χ1) is 7.36. The molecule has 0 amide bonds. The maximum absolute atomic E-state index is 5.60. The zero-order valence-electron chi connectivity index (χ0n) is 8.89. The minimum absolute atomic E-state index is 0.650. The Morgan fingerprint density at radius 1 is 1.07 bits per heavy atom. The lowest BCUT2D eigenvalue weighted by atomic mass is 9.85. The van der Waals surface area contributed by atoms with E-state index in [1.54, 1.807) is 0 Å². The molecular formula is C14H15B. The minimum Gasteiger partial charge on any atom is -0.0851 e. The fourth-order valence-corrected chi connectivity index (χ4v) is 3.06. The summed E-state index contributed by atoms with van der Waals surface area (Å²) in [6.45, 7) is 0. The molecule has 0 saturated heterocycles. The number of rotatable bonds is 2. The summed E-state index contributed by atoms with van der Waals surface area (Å²) in [5.74, 6) is 2.43. The predicted molar refractivity (Wildman–Crippen MR) is 64.0 cm³/mol. The molecule has 1 aromatic rings. The van der Waals surface area contributed by atoms with E-state index in [9.17, 15) is 0 Å². The highest BCUT2D eigenvalue weighted by Crippen LogP contribution is 2.48. The third-order valence-corrected chi connectivity index (χ3v) is 3.92. The maximum Gasteiger partial charge on any atom is 0.0716 e. The van der Waals surface area contributed by atoms with Gasteiger partial charge >= 0.3 is 0 Å². The van der Waals surface area contributed by atoms with Crippen LogP contribution in [0, 0.1) is 11.8 Å². The van der Waals surface area contributed by atoms with Gasteiger partial charge in [-0.25, -0.2) is 0 Å². The molecule has 1 fully saturated rings. The lowest BCUT2D eigenvalue weighted by Crippen LogP contribution is -2.04. The van der Waals surface area contributed by atoms with Crippen molar-refractivity contribution < 1.29 is 0 Å². The van der Waals surface area contributed by atoms with Gasteiger partial charge in [0.15, 0.2) is 0 Å². The Labute approximate surface area is 92.8 Å². The van der Waals surface area contributed by atoms with Crippen LogP contribution in [-0.2, 0) is 6.32 Å². The number of allylic oxidation sites excluding steroid dienone is 2. The van der Waals surface area contributed by atoms with Gasteiger partial charge in [-0.15, -0.1) is 0 Å².